The number of thioether (sulfide) groups is 2. The van der Waals surface area contributed by atoms with E-state index in [9.17, 15) is 0 Å². The first-order valence-electron chi connectivity index (χ1n) is 4.32. The molecule has 1 heterocycles. The normalized spacial score (nSPS) is 16.1. The molecule has 0 aromatic carbocycles. The smallest absolute Gasteiger partial charge is 0.0427 e. The monoisotopic (exact) mass is 212 g/mol. The van der Waals surface area contributed by atoms with Crippen LogP contribution in [0, 0.1) is 0 Å². The van der Waals surface area contributed by atoms with Crippen molar-refractivity contribution in [3.05, 3.63) is 45.4 Å². The van der Waals surface area contributed by atoms with Crippen molar-refractivity contribution >= 4 is 23.5 Å². The van der Waals surface area contributed by atoms with Crippen LogP contribution in [-0.2, 0) is 0 Å². The molecular formula is C11H16S2. The van der Waals surface area contributed by atoms with Gasteiger partial charge in [-0.3, -0.25) is 0 Å². The quantitative estimate of drug-likeness (QED) is 0.636. The second kappa shape index (κ2) is 7.10. The van der Waals surface area contributed by atoms with Gasteiger partial charge in [0.2, 0.25) is 0 Å². The van der Waals surface area contributed by atoms with Gasteiger partial charge in [-0.15, -0.1) is 0 Å². The highest BCUT2D eigenvalue weighted by atomic mass is 32.2. The Morgan fingerprint density at radius 1 is 1.15 bits per heavy atom. The van der Waals surface area contributed by atoms with Crippen LogP contribution in [0.4, 0.5) is 0 Å². The maximum Gasteiger partial charge on any atom is 0.0427 e. The standard InChI is InChI=1S/C9H10S2.C2H6/c1-4-6-9-8(5-2)10-7(3)11-9;1-2/h4-6H,2-3H2,1H3;1-2H3/b6-4-;. The van der Waals surface area contributed by atoms with E-state index in [0.717, 1.165) is 4.24 Å². The Morgan fingerprint density at radius 2 is 1.69 bits per heavy atom. The predicted octanol–water partition coefficient (Wildman–Crippen LogP) is 4.94. The Hall–Kier alpha value is -0.340. The summed E-state index contributed by atoms with van der Waals surface area (Å²) in [5.41, 5.74) is 0. The van der Waals surface area contributed by atoms with E-state index in [1.54, 1.807) is 23.5 Å². The molecule has 0 fully saturated rings. The lowest BCUT2D eigenvalue weighted by molar-refractivity contribution is 1.50. The molecule has 1 aliphatic rings. The summed E-state index contributed by atoms with van der Waals surface area (Å²) in [4.78, 5) is 2.48. The van der Waals surface area contributed by atoms with Gasteiger partial charge in [0.05, 0.1) is 0 Å². The summed E-state index contributed by atoms with van der Waals surface area (Å²) in [5.74, 6) is 0. The van der Waals surface area contributed by atoms with Crippen LogP contribution >= 0.6 is 23.5 Å². The van der Waals surface area contributed by atoms with E-state index < -0.39 is 0 Å². The molecule has 0 amide bonds. The summed E-state index contributed by atoms with van der Waals surface area (Å²) in [5, 5.41) is 0. The lowest BCUT2D eigenvalue weighted by atomic mass is 10.4. The van der Waals surface area contributed by atoms with Gasteiger partial charge in [0.15, 0.2) is 0 Å². The molecule has 0 bridgehead atoms. The molecule has 1 rings (SSSR count). The Bertz CT molecular complexity index is 247. The SMILES string of the molecule is C=CC1=C(/C=C\C)SC(=C)S1.CC. The van der Waals surface area contributed by atoms with Crippen molar-refractivity contribution in [3.8, 4) is 0 Å². The molecule has 1 aliphatic heterocycles. The highest BCUT2D eigenvalue weighted by molar-refractivity contribution is 8.28. The summed E-state index contributed by atoms with van der Waals surface area (Å²) in [7, 11) is 0. The van der Waals surface area contributed by atoms with Crippen LogP contribution in [-0.4, -0.2) is 0 Å². The summed E-state index contributed by atoms with van der Waals surface area (Å²) in [6.45, 7) is 13.6. The van der Waals surface area contributed by atoms with Gasteiger partial charge in [-0.2, -0.15) is 0 Å². The van der Waals surface area contributed by atoms with Gasteiger partial charge in [0, 0.05) is 14.0 Å². The fourth-order valence-corrected chi connectivity index (χ4v) is 2.86. The molecule has 0 aliphatic carbocycles. The average Bonchev–Trinajstić information content (AvgIpc) is 2.50. The van der Waals surface area contributed by atoms with E-state index in [0.29, 0.717) is 0 Å². The largest absolute Gasteiger partial charge is 0.0979 e. The zero-order chi connectivity index (χ0) is 10.3. The summed E-state index contributed by atoms with van der Waals surface area (Å²) in [6, 6.07) is 0. The second-order valence-corrected chi connectivity index (χ2v) is 4.54. The Balaban J connectivity index is 0.000000671. The van der Waals surface area contributed by atoms with Gasteiger partial charge in [-0.1, -0.05) is 68.8 Å². The van der Waals surface area contributed by atoms with Crippen molar-refractivity contribution in [2.75, 3.05) is 0 Å². The van der Waals surface area contributed by atoms with Gasteiger partial charge < -0.3 is 0 Å². The fraction of sp³-hybridized carbons (Fsp3) is 0.273. The van der Waals surface area contributed by atoms with E-state index in [-0.39, 0.29) is 0 Å². The minimum absolute atomic E-state index is 1.13. The van der Waals surface area contributed by atoms with Gasteiger partial charge in [-0.25, -0.2) is 0 Å². The molecule has 0 unspecified atom stereocenters. The molecule has 0 spiro atoms. The van der Waals surface area contributed by atoms with E-state index >= 15 is 0 Å². The first-order chi connectivity index (χ1) is 6.27. The molecule has 0 aromatic rings. The van der Waals surface area contributed by atoms with Gasteiger partial charge >= 0.3 is 0 Å². The summed E-state index contributed by atoms with van der Waals surface area (Å²) < 4.78 is 1.13. The topological polar surface area (TPSA) is 0 Å². The van der Waals surface area contributed by atoms with Crippen LogP contribution in [0.15, 0.2) is 45.4 Å². The molecular weight excluding hydrogens is 196 g/mol. The molecule has 0 aromatic heterocycles. The fourth-order valence-electron chi connectivity index (χ4n) is 0.776. The third-order valence-electron chi connectivity index (χ3n) is 1.19. The van der Waals surface area contributed by atoms with Crippen LogP contribution in [0.2, 0.25) is 0 Å². The molecule has 13 heavy (non-hydrogen) atoms. The third kappa shape index (κ3) is 3.92. The highest BCUT2D eigenvalue weighted by Gasteiger charge is 2.14. The molecule has 0 saturated carbocycles. The molecule has 0 N–H and O–H groups in total. The third-order valence-corrected chi connectivity index (χ3v) is 3.46. The first kappa shape index (κ1) is 12.7. The van der Waals surface area contributed by atoms with Crippen LogP contribution in [0.25, 0.3) is 0 Å². The van der Waals surface area contributed by atoms with E-state index in [1.807, 2.05) is 32.9 Å². The van der Waals surface area contributed by atoms with E-state index in [2.05, 4.69) is 19.2 Å². The number of hydrogen-bond donors (Lipinski definition) is 0. The molecule has 0 atom stereocenters. The molecule has 0 radical (unpaired) electrons. The van der Waals surface area contributed by atoms with Crippen molar-refractivity contribution in [2.45, 2.75) is 20.8 Å². The second-order valence-electron chi connectivity index (χ2n) is 2.01. The molecule has 72 valence electrons. The summed E-state index contributed by atoms with van der Waals surface area (Å²) >= 11 is 3.41. The highest BCUT2D eigenvalue weighted by Crippen LogP contribution is 2.48. The van der Waals surface area contributed by atoms with Crippen LogP contribution < -0.4 is 0 Å². The average molecular weight is 212 g/mol. The Morgan fingerprint density at radius 3 is 2.15 bits per heavy atom. The maximum atomic E-state index is 3.89. The number of allylic oxidation sites excluding steroid dienone is 3. The maximum absolute atomic E-state index is 3.89. The zero-order valence-corrected chi connectivity index (χ0v) is 10.1. The lowest BCUT2D eigenvalue weighted by Crippen LogP contribution is -1.66. The van der Waals surface area contributed by atoms with Crippen molar-refractivity contribution in [1.82, 2.24) is 0 Å². The number of rotatable bonds is 2. The van der Waals surface area contributed by atoms with Gasteiger partial charge in [-0.05, 0) is 6.92 Å². The van der Waals surface area contributed by atoms with Crippen molar-refractivity contribution in [2.24, 2.45) is 0 Å². The van der Waals surface area contributed by atoms with E-state index in [1.165, 1.54) is 9.81 Å². The summed E-state index contributed by atoms with van der Waals surface area (Å²) in [6.07, 6.45) is 6.00. The predicted molar refractivity (Wildman–Crippen MR) is 67.7 cm³/mol. The molecule has 2 heteroatoms. The van der Waals surface area contributed by atoms with Crippen molar-refractivity contribution in [3.63, 3.8) is 0 Å². The minimum atomic E-state index is 1.13. The minimum Gasteiger partial charge on any atom is -0.0979 e. The Kier molecular flexibility index (Phi) is 6.92. The first-order valence-corrected chi connectivity index (χ1v) is 5.95. The number of hydrogen-bond acceptors (Lipinski definition) is 2. The van der Waals surface area contributed by atoms with Crippen LogP contribution in [0.1, 0.15) is 20.8 Å². The van der Waals surface area contributed by atoms with Crippen molar-refractivity contribution < 1.29 is 0 Å². The zero-order valence-electron chi connectivity index (χ0n) is 8.46. The molecule has 0 saturated heterocycles. The van der Waals surface area contributed by atoms with Crippen LogP contribution in [0.5, 0.6) is 0 Å². The van der Waals surface area contributed by atoms with Crippen LogP contribution in [0.3, 0.4) is 0 Å². The van der Waals surface area contributed by atoms with E-state index in [4.69, 9.17) is 0 Å². The molecule has 0 nitrogen and oxygen atoms in total. The Labute approximate surface area is 89.9 Å². The van der Waals surface area contributed by atoms with Crippen molar-refractivity contribution in [1.29, 1.82) is 0 Å². The van der Waals surface area contributed by atoms with Gasteiger partial charge in [0.25, 0.3) is 0 Å². The lowest BCUT2D eigenvalue weighted by Gasteiger charge is -1.90. The van der Waals surface area contributed by atoms with Gasteiger partial charge in [0.1, 0.15) is 0 Å².